The van der Waals surface area contributed by atoms with Crippen LogP contribution in [0, 0.1) is 17.6 Å². The summed E-state index contributed by atoms with van der Waals surface area (Å²) in [4.78, 5) is 0. The van der Waals surface area contributed by atoms with Crippen molar-refractivity contribution in [1.82, 2.24) is 4.57 Å². The smallest absolute Gasteiger partial charge is 0.138 e. The average Bonchev–Trinajstić information content (AvgIpc) is 2.96. The Bertz CT molecular complexity index is 915. The minimum Gasteiger partial charge on any atom is -0.340 e. The summed E-state index contributed by atoms with van der Waals surface area (Å²) in [5.41, 5.74) is 1.92. The van der Waals surface area contributed by atoms with Gasteiger partial charge in [-0.1, -0.05) is 52.4 Å². The second-order valence-corrected chi connectivity index (χ2v) is 9.74. The van der Waals surface area contributed by atoms with Crippen LogP contribution in [0.25, 0.3) is 21.8 Å². The highest BCUT2D eigenvalue weighted by atomic mass is 79.9. The van der Waals surface area contributed by atoms with Crippen LogP contribution >= 0.6 is 31.9 Å². The molecule has 1 aromatic heterocycles. The number of halogens is 4. The lowest BCUT2D eigenvalue weighted by molar-refractivity contribution is 0.371. The molecule has 0 saturated carbocycles. The van der Waals surface area contributed by atoms with Crippen molar-refractivity contribution in [3.05, 3.63) is 44.8 Å². The third-order valence-corrected chi connectivity index (χ3v) is 7.04. The van der Waals surface area contributed by atoms with Gasteiger partial charge in [-0.15, -0.1) is 0 Å². The number of nitrogens with zero attached hydrogens (tertiary/aromatic N) is 1. The maximum absolute atomic E-state index is 14.3. The van der Waals surface area contributed by atoms with Crippen molar-refractivity contribution in [3.63, 3.8) is 0 Å². The van der Waals surface area contributed by atoms with E-state index < -0.39 is 0 Å². The lowest BCUT2D eigenvalue weighted by Gasteiger charge is -2.19. The zero-order valence-corrected chi connectivity index (χ0v) is 20.4. The number of hydrogen-bond acceptors (Lipinski definition) is 0. The lowest BCUT2D eigenvalue weighted by Crippen LogP contribution is -2.11. The SMILES string of the molecule is CCCCCCC(CCCC)Cn1c2cc(Br)c(F)cc2c2cc(F)c(Br)cc21. The van der Waals surface area contributed by atoms with Crippen molar-refractivity contribution >= 4 is 53.7 Å². The van der Waals surface area contributed by atoms with Gasteiger partial charge in [0.05, 0.1) is 20.0 Å². The Balaban J connectivity index is 2.04. The van der Waals surface area contributed by atoms with Gasteiger partial charge < -0.3 is 4.57 Å². The Kier molecular flexibility index (Phi) is 8.15. The van der Waals surface area contributed by atoms with E-state index in [1.807, 2.05) is 12.1 Å². The summed E-state index contributed by atoms with van der Waals surface area (Å²) in [7, 11) is 0. The van der Waals surface area contributed by atoms with Crippen LogP contribution in [-0.2, 0) is 6.54 Å². The maximum Gasteiger partial charge on any atom is 0.138 e. The second kappa shape index (κ2) is 10.4. The Hall–Kier alpha value is -0.940. The van der Waals surface area contributed by atoms with Gasteiger partial charge in [-0.25, -0.2) is 8.78 Å². The normalized spacial score (nSPS) is 12.9. The fraction of sp³-hybridized carbons (Fsp3) is 0.500. The van der Waals surface area contributed by atoms with Crippen molar-refractivity contribution in [2.45, 2.75) is 71.8 Å². The first-order chi connectivity index (χ1) is 14.0. The summed E-state index contributed by atoms with van der Waals surface area (Å²) >= 11 is 6.66. The Morgan fingerprint density at radius 3 is 1.79 bits per heavy atom. The molecule has 1 heterocycles. The highest BCUT2D eigenvalue weighted by molar-refractivity contribution is 9.10. The zero-order valence-electron chi connectivity index (χ0n) is 17.2. The molecule has 0 spiro atoms. The van der Waals surface area contributed by atoms with Gasteiger partial charge in [-0.05, 0) is 74.9 Å². The molecule has 3 aromatic rings. The zero-order chi connectivity index (χ0) is 21.0. The lowest BCUT2D eigenvalue weighted by atomic mass is 9.95. The van der Waals surface area contributed by atoms with Gasteiger partial charge in [-0.2, -0.15) is 0 Å². The quantitative estimate of drug-likeness (QED) is 0.231. The number of aromatic nitrogens is 1. The van der Waals surface area contributed by atoms with Gasteiger partial charge in [-0.3, -0.25) is 0 Å². The fourth-order valence-electron chi connectivity index (χ4n) is 4.21. The summed E-state index contributed by atoms with van der Waals surface area (Å²) in [6.45, 7) is 5.34. The molecule has 2 aromatic carbocycles. The fourth-order valence-corrected chi connectivity index (χ4v) is 4.88. The van der Waals surface area contributed by atoms with E-state index in [4.69, 9.17) is 0 Å². The number of unbranched alkanes of at least 4 members (excludes halogenated alkanes) is 4. The molecule has 0 aliphatic rings. The molecule has 1 unspecified atom stereocenters. The van der Waals surface area contributed by atoms with Crippen LogP contribution in [0.3, 0.4) is 0 Å². The predicted octanol–water partition coefficient (Wildman–Crippen LogP) is 9.37. The first kappa shape index (κ1) is 22.7. The molecule has 1 atom stereocenters. The molecule has 0 aliphatic heterocycles. The second-order valence-electron chi connectivity index (χ2n) is 8.04. The summed E-state index contributed by atoms with van der Waals surface area (Å²) < 4.78 is 31.7. The van der Waals surface area contributed by atoms with Crippen molar-refractivity contribution in [1.29, 1.82) is 0 Å². The van der Waals surface area contributed by atoms with Crippen molar-refractivity contribution < 1.29 is 8.78 Å². The van der Waals surface area contributed by atoms with Crippen LogP contribution < -0.4 is 0 Å². The van der Waals surface area contributed by atoms with Gasteiger partial charge >= 0.3 is 0 Å². The molecule has 0 radical (unpaired) electrons. The highest BCUT2D eigenvalue weighted by Crippen LogP contribution is 2.36. The molecule has 3 rings (SSSR count). The van der Waals surface area contributed by atoms with E-state index in [0.29, 0.717) is 14.9 Å². The number of rotatable bonds is 10. The summed E-state index contributed by atoms with van der Waals surface area (Å²) in [6.07, 6.45) is 9.84. The predicted molar refractivity (Wildman–Crippen MR) is 127 cm³/mol. The van der Waals surface area contributed by atoms with E-state index in [0.717, 1.165) is 28.4 Å². The van der Waals surface area contributed by atoms with Gasteiger partial charge in [0.1, 0.15) is 11.6 Å². The van der Waals surface area contributed by atoms with Crippen LogP contribution in [-0.4, -0.2) is 4.57 Å². The largest absolute Gasteiger partial charge is 0.340 e. The molecule has 5 heteroatoms. The first-order valence-corrected chi connectivity index (χ1v) is 12.3. The molecule has 0 N–H and O–H groups in total. The van der Waals surface area contributed by atoms with Crippen molar-refractivity contribution in [2.24, 2.45) is 5.92 Å². The van der Waals surface area contributed by atoms with Crippen molar-refractivity contribution in [3.8, 4) is 0 Å². The van der Waals surface area contributed by atoms with E-state index in [1.54, 1.807) is 0 Å². The Labute approximate surface area is 189 Å². The van der Waals surface area contributed by atoms with Gasteiger partial charge in [0.2, 0.25) is 0 Å². The minimum atomic E-state index is -0.318. The van der Waals surface area contributed by atoms with Crippen LogP contribution in [0.5, 0.6) is 0 Å². The molecule has 0 bridgehead atoms. The van der Waals surface area contributed by atoms with Gasteiger partial charge in [0, 0.05) is 17.3 Å². The topological polar surface area (TPSA) is 4.93 Å². The Morgan fingerprint density at radius 2 is 1.28 bits per heavy atom. The third kappa shape index (κ3) is 5.22. The molecule has 0 saturated heterocycles. The standard InChI is InChI=1S/C24H29Br2F2N/c1-3-5-7-8-10-16(9-6-4-2)15-29-23-13-19(25)21(27)11-17(23)18-12-22(28)20(26)14-24(18)29/h11-14,16H,3-10,15H2,1-2H3. The summed E-state index contributed by atoms with van der Waals surface area (Å²) in [5.74, 6) is -0.0674. The van der Waals surface area contributed by atoms with Gasteiger partial charge in [0.25, 0.3) is 0 Å². The number of fused-ring (bicyclic) bond motifs is 3. The van der Waals surface area contributed by atoms with E-state index >= 15 is 0 Å². The van der Waals surface area contributed by atoms with Crippen LogP contribution in [0.2, 0.25) is 0 Å². The molecular weight excluding hydrogens is 500 g/mol. The van der Waals surface area contributed by atoms with E-state index in [9.17, 15) is 8.78 Å². The highest BCUT2D eigenvalue weighted by Gasteiger charge is 2.18. The Morgan fingerprint density at radius 1 is 0.759 bits per heavy atom. The molecule has 29 heavy (non-hydrogen) atoms. The number of hydrogen-bond donors (Lipinski definition) is 0. The summed E-state index contributed by atoms with van der Waals surface area (Å²) in [5, 5.41) is 1.54. The molecule has 0 fully saturated rings. The minimum absolute atomic E-state index is 0.318. The van der Waals surface area contributed by atoms with Crippen molar-refractivity contribution in [2.75, 3.05) is 0 Å². The van der Waals surface area contributed by atoms with Crippen LogP contribution in [0.1, 0.15) is 65.2 Å². The van der Waals surface area contributed by atoms with Gasteiger partial charge in [0.15, 0.2) is 0 Å². The number of benzene rings is 2. The van der Waals surface area contributed by atoms with E-state index in [-0.39, 0.29) is 11.6 Å². The van der Waals surface area contributed by atoms with E-state index in [1.165, 1.54) is 63.5 Å². The average molecular weight is 529 g/mol. The third-order valence-electron chi connectivity index (χ3n) is 5.82. The monoisotopic (exact) mass is 527 g/mol. The molecular formula is C24H29Br2F2N. The molecule has 0 aliphatic carbocycles. The maximum atomic E-state index is 14.3. The van der Waals surface area contributed by atoms with Crippen LogP contribution in [0.4, 0.5) is 8.78 Å². The van der Waals surface area contributed by atoms with Crippen LogP contribution in [0.15, 0.2) is 33.2 Å². The van der Waals surface area contributed by atoms with E-state index in [2.05, 4.69) is 50.3 Å². The molecule has 1 nitrogen and oxygen atoms in total. The molecule has 0 amide bonds. The summed E-state index contributed by atoms with van der Waals surface area (Å²) in [6, 6.07) is 6.72. The first-order valence-electron chi connectivity index (χ1n) is 10.7. The molecule has 158 valence electrons.